The number of benzene rings is 2. The normalized spacial score (nSPS) is 24.7. The van der Waals surface area contributed by atoms with Crippen molar-refractivity contribution in [3.63, 3.8) is 0 Å². The summed E-state index contributed by atoms with van der Waals surface area (Å²) in [6, 6.07) is 17.6. The van der Waals surface area contributed by atoms with Crippen molar-refractivity contribution in [1.29, 1.82) is 0 Å². The van der Waals surface area contributed by atoms with Crippen LogP contribution in [0, 0.1) is 5.92 Å². The zero-order valence-corrected chi connectivity index (χ0v) is 25.0. The van der Waals surface area contributed by atoms with Crippen molar-refractivity contribution in [3.05, 3.63) is 65.7 Å². The highest BCUT2D eigenvalue weighted by Crippen LogP contribution is 2.45. The number of carbonyl (C=O) groups is 2. The Kier molecular flexibility index (Phi) is 10.5. The number of hydrogen-bond acceptors (Lipinski definition) is 6. The van der Waals surface area contributed by atoms with Gasteiger partial charge in [0.2, 0.25) is 11.8 Å². The number of aliphatic hydroxyl groups is 1. The van der Waals surface area contributed by atoms with Crippen LogP contribution in [0.5, 0.6) is 0 Å². The van der Waals surface area contributed by atoms with Crippen LogP contribution < -0.4 is 10.6 Å². The van der Waals surface area contributed by atoms with E-state index in [1.54, 1.807) is 4.90 Å². The van der Waals surface area contributed by atoms with Gasteiger partial charge >= 0.3 is 0 Å². The third kappa shape index (κ3) is 8.01. The van der Waals surface area contributed by atoms with Gasteiger partial charge in [-0.2, -0.15) is 0 Å². The lowest BCUT2D eigenvalue weighted by molar-refractivity contribution is -0.135. The summed E-state index contributed by atoms with van der Waals surface area (Å²) < 4.78 is 6.52. The van der Waals surface area contributed by atoms with E-state index in [9.17, 15) is 19.5 Å². The van der Waals surface area contributed by atoms with Gasteiger partial charge in [0.15, 0.2) is 8.32 Å². The van der Waals surface area contributed by atoms with Crippen molar-refractivity contribution >= 4 is 25.8 Å². The molecule has 2 aliphatic rings. The van der Waals surface area contributed by atoms with Crippen LogP contribution in [-0.4, -0.2) is 72.9 Å². The molecule has 5 atom stereocenters. The molecular weight excluding hydrogens is 522 g/mol. The average Bonchev–Trinajstić information content (AvgIpc) is 3.57. The SMILES string of the molecule is C[C@H]1[C@H]([Si](C)(C)O)[C@@H](CC(=O)N(CCO)Cc2ccccc2)O[C@H]1CCc1ccc(NC(=O)[C@H]2CCCN2)cc1. The van der Waals surface area contributed by atoms with Gasteiger partial charge in [-0.15, -0.1) is 0 Å². The summed E-state index contributed by atoms with van der Waals surface area (Å²) in [4.78, 5) is 38.6. The molecule has 0 aromatic heterocycles. The van der Waals surface area contributed by atoms with Gasteiger partial charge in [-0.3, -0.25) is 9.59 Å². The maximum atomic E-state index is 13.4. The fourth-order valence-corrected chi connectivity index (χ4v) is 8.93. The molecule has 0 spiro atoms. The Morgan fingerprint density at radius 3 is 2.42 bits per heavy atom. The van der Waals surface area contributed by atoms with Gasteiger partial charge in [0, 0.05) is 24.3 Å². The Labute approximate surface area is 239 Å². The lowest BCUT2D eigenvalue weighted by Crippen LogP contribution is -2.42. The van der Waals surface area contributed by atoms with E-state index in [4.69, 9.17) is 4.74 Å². The fraction of sp³-hybridized carbons (Fsp3) is 0.548. The highest BCUT2D eigenvalue weighted by Gasteiger charge is 2.50. The molecule has 0 unspecified atom stereocenters. The molecule has 4 rings (SSSR count). The number of ether oxygens (including phenoxy) is 1. The first kappa shape index (κ1) is 30.4. The third-order valence-corrected chi connectivity index (χ3v) is 10.9. The van der Waals surface area contributed by atoms with Crippen molar-refractivity contribution in [3.8, 4) is 0 Å². The van der Waals surface area contributed by atoms with E-state index in [0.29, 0.717) is 6.54 Å². The number of nitrogens with zero attached hydrogens (tertiary/aromatic N) is 1. The minimum atomic E-state index is -2.62. The summed E-state index contributed by atoms with van der Waals surface area (Å²) >= 11 is 0. The first-order valence-electron chi connectivity index (χ1n) is 14.6. The van der Waals surface area contributed by atoms with Crippen LogP contribution in [-0.2, 0) is 27.3 Å². The Bertz CT molecular complexity index is 1100. The van der Waals surface area contributed by atoms with Crippen molar-refractivity contribution in [2.24, 2.45) is 5.92 Å². The Morgan fingerprint density at radius 1 is 1.07 bits per heavy atom. The molecular formula is C31H45N3O5Si. The molecule has 0 bridgehead atoms. The zero-order chi connectivity index (χ0) is 28.7. The van der Waals surface area contributed by atoms with E-state index in [1.807, 2.05) is 67.7 Å². The molecule has 2 aliphatic heterocycles. The number of anilines is 1. The standard InChI is InChI=1S/C31H45N3O5Si/c1-22-27(16-13-23-11-14-25(15-12-23)33-31(37)26-10-7-17-32-26)39-28(30(22)40(2,3)38)20-29(36)34(18-19-35)21-24-8-5-4-6-9-24/h4-6,8-9,11-12,14-15,22,26-28,30,32,35,38H,7,10,13,16-21H2,1-3H3,(H,33,37)/t22-,26-,27+,28-,30+/m1/s1. The van der Waals surface area contributed by atoms with Gasteiger partial charge < -0.3 is 30.2 Å². The maximum Gasteiger partial charge on any atom is 0.241 e. The summed E-state index contributed by atoms with van der Waals surface area (Å²) in [7, 11) is -2.62. The van der Waals surface area contributed by atoms with Crippen LogP contribution in [0.15, 0.2) is 54.6 Å². The minimum Gasteiger partial charge on any atom is -0.432 e. The Hall–Kier alpha value is -2.56. The fourth-order valence-electron chi connectivity index (χ4n) is 6.33. The van der Waals surface area contributed by atoms with Gasteiger partial charge in [0.05, 0.1) is 31.3 Å². The van der Waals surface area contributed by atoms with Gasteiger partial charge in [0.1, 0.15) is 0 Å². The second kappa shape index (κ2) is 13.9. The Balaban J connectivity index is 1.35. The van der Waals surface area contributed by atoms with Crippen LogP contribution in [0.3, 0.4) is 0 Å². The van der Waals surface area contributed by atoms with E-state index in [1.165, 1.54) is 0 Å². The van der Waals surface area contributed by atoms with E-state index < -0.39 is 8.32 Å². The van der Waals surface area contributed by atoms with Crippen LogP contribution in [0.1, 0.15) is 43.7 Å². The number of hydrogen-bond donors (Lipinski definition) is 4. The van der Waals surface area contributed by atoms with Crippen LogP contribution in [0.2, 0.25) is 18.6 Å². The second-order valence-electron chi connectivity index (χ2n) is 11.9. The van der Waals surface area contributed by atoms with E-state index in [2.05, 4.69) is 17.6 Å². The lowest BCUT2D eigenvalue weighted by Gasteiger charge is -2.31. The van der Waals surface area contributed by atoms with E-state index in [0.717, 1.165) is 49.0 Å². The molecule has 0 aliphatic carbocycles. The summed E-state index contributed by atoms with van der Waals surface area (Å²) in [6.45, 7) is 7.48. The summed E-state index contributed by atoms with van der Waals surface area (Å²) in [5.41, 5.74) is 2.90. The molecule has 2 fully saturated rings. The summed E-state index contributed by atoms with van der Waals surface area (Å²) in [5, 5.41) is 15.8. The number of aryl methyl sites for hydroxylation is 1. The largest absolute Gasteiger partial charge is 0.432 e. The number of aliphatic hydroxyl groups excluding tert-OH is 1. The van der Waals surface area contributed by atoms with E-state index in [-0.39, 0.29) is 61.1 Å². The number of nitrogens with one attached hydrogen (secondary N) is 2. The highest BCUT2D eigenvalue weighted by atomic mass is 28.4. The van der Waals surface area contributed by atoms with Crippen molar-refractivity contribution in [2.75, 3.05) is 25.0 Å². The number of rotatable bonds is 12. The van der Waals surface area contributed by atoms with Gasteiger partial charge in [0.25, 0.3) is 0 Å². The van der Waals surface area contributed by atoms with Gasteiger partial charge in [-0.05, 0) is 74.5 Å². The molecule has 8 nitrogen and oxygen atoms in total. The van der Waals surface area contributed by atoms with Gasteiger partial charge in [-0.25, -0.2) is 0 Å². The predicted molar refractivity (Wildman–Crippen MR) is 159 cm³/mol. The van der Waals surface area contributed by atoms with Crippen LogP contribution in [0.4, 0.5) is 5.69 Å². The molecule has 2 heterocycles. The third-order valence-electron chi connectivity index (χ3n) is 8.35. The lowest BCUT2D eigenvalue weighted by atomic mass is 9.95. The molecule has 2 aromatic carbocycles. The van der Waals surface area contributed by atoms with Crippen LogP contribution >= 0.6 is 0 Å². The number of amides is 2. The maximum absolute atomic E-state index is 13.4. The molecule has 40 heavy (non-hydrogen) atoms. The number of carbonyl (C=O) groups excluding carboxylic acids is 2. The molecule has 0 radical (unpaired) electrons. The first-order valence-corrected chi connectivity index (χ1v) is 17.6. The topological polar surface area (TPSA) is 111 Å². The molecule has 2 saturated heterocycles. The Morgan fingerprint density at radius 2 is 1.80 bits per heavy atom. The monoisotopic (exact) mass is 567 g/mol. The quantitative estimate of drug-likeness (QED) is 0.291. The average molecular weight is 568 g/mol. The molecule has 2 aromatic rings. The van der Waals surface area contributed by atoms with Crippen molar-refractivity contribution in [1.82, 2.24) is 10.2 Å². The predicted octanol–water partition coefficient (Wildman–Crippen LogP) is 3.69. The second-order valence-corrected chi connectivity index (χ2v) is 15.8. The molecule has 9 heteroatoms. The minimum absolute atomic E-state index is 0.0159. The smallest absolute Gasteiger partial charge is 0.241 e. The molecule has 4 N–H and O–H groups in total. The first-order chi connectivity index (χ1) is 19.2. The molecule has 218 valence electrons. The van der Waals surface area contributed by atoms with Crippen molar-refractivity contribution in [2.45, 2.75) is 82.5 Å². The highest BCUT2D eigenvalue weighted by molar-refractivity contribution is 6.71. The summed E-state index contributed by atoms with van der Waals surface area (Å²) in [6.07, 6.45) is 3.27. The van der Waals surface area contributed by atoms with Crippen molar-refractivity contribution < 1.29 is 24.2 Å². The molecule has 0 saturated carbocycles. The zero-order valence-electron chi connectivity index (χ0n) is 24.0. The van der Waals surface area contributed by atoms with E-state index >= 15 is 0 Å². The van der Waals surface area contributed by atoms with Crippen LogP contribution in [0.25, 0.3) is 0 Å². The summed E-state index contributed by atoms with van der Waals surface area (Å²) in [5.74, 6) is 0.0777. The van der Waals surface area contributed by atoms with Gasteiger partial charge in [-0.1, -0.05) is 49.4 Å². The molecule has 2 amide bonds.